The maximum Gasteiger partial charge on any atom is 0.264 e. The maximum atomic E-state index is 13.2. The molecule has 0 fully saturated rings. The van der Waals surface area contributed by atoms with Crippen LogP contribution in [0, 0.1) is 6.92 Å². The lowest BCUT2D eigenvalue weighted by molar-refractivity contribution is -0.120. The van der Waals surface area contributed by atoms with Crippen LogP contribution in [0.15, 0.2) is 53.4 Å². The molecule has 0 spiro atoms. The Labute approximate surface area is 161 Å². The van der Waals surface area contributed by atoms with Crippen LogP contribution >= 0.6 is 0 Å². The van der Waals surface area contributed by atoms with Crippen molar-refractivity contribution in [3.8, 4) is 5.75 Å². The van der Waals surface area contributed by atoms with E-state index in [2.05, 4.69) is 5.32 Å². The molecule has 6 nitrogen and oxygen atoms in total. The molecule has 0 aliphatic heterocycles. The fraction of sp³-hybridized carbons (Fsp3) is 0.350. The minimum atomic E-state index is -3.90. The summed E-state index contributed by atoms with van der Waals surface area (Å²) in [4.78, 5) is 12.5. The third kappa shape index (κ3) is 5.23. The van der Waals surface area contributed by atoms with Crippen LogP contribution in [0.25, 0.3) is 0 Å². The first kappa shape index (κ1) is 20.8. The number of ether oxygens (including phenoxy) is 1. The highest BCUT2D eigenvalue weighted by Crippen LogP contribution is 2.26. The Bertz CT molecular complexity index is 862. The number of hydrogen-bond donors (Lipinski definition) is 1. The first-order valence-electron chi connectivity index (χ1n) is 8.80. The predicted molar refractivity (Wildman–Crippen MR) is 107 cm³/mol. The molecule has 2 rings (SSSR count). The molecule has 0 saturated heterocycles. The molecule has 0 radical (unpaired) electrons. The van der Waals surface area contributed by atoms with Crippen LogP contribution in [-0.4, -0.2) is 34.0 Å². The summed E-state index contributed by atoms with van der Waals surface area (Å²) in [5.74, 6) is 0.256. The van der Waals surface area contributed by atoms with Crippen molar-refractivity contribution < 1.29 is 17.9 Å². The molecule has 7 heteroatoms. The van der Waals surface area contributed by atoms with Gasteiger partial charge in [0.05, 0.1) is 17.7 Å². The fourth-order valence-electron chi connectivity index (χ4n) is 2.45. The monoisotopic (exact) mass is 390 g/mol. The van der Waals surface area contributed by atoms with E-state index in [1.54, 1.807) is 48.5 Å². The molecule has 1 unspecified atom stereocenters. The second kappa shape index (κ2) is 8.90. The van der Waals surface area contributed by atoms with Crippen molar-refractivity contribution in [2.75, 3.05) is 18.0 Å². The van der Waals surface area contributed by atoms with Crippen molar-refractivity contribution in [1.82, 2.24) is 5.32 Å². The highest BCUT2D eigenvalue weighted by molar-refractivity contribution is 7.92. The van der Waals surface area contributed by atoms with E-state index in [0.717, 1.165) is 16.3 Å². The summed E-state index contributed by atoms with van der Waals surface area (Å²) >= 11 is 0. The van der Waals surface area contributed by atoms with Crippen LogP contribution < -0.4 is 14.4 Å². The van der Waals surface area contributed by atoms with Gasteiger partial charge in [-0.3, -0.25) is 9.10 Å². The average molecular weight is 391 g/mol. The third-order valence-electron chi connectivity index (χ3n) is 4.28. The highest BCUT2D eigenvalue weighted by atomic mass is 32.2. The zero-order chi connectivity index (χ0) is 20.0. The van der Waals surface area contributed by atoms with E-state index in [1.807, 2.05) is 20.8 Å². The van der Waals surface area contributed by atoms with Gasteiger partial charge in [0, 0.05) is 6.04 Å². The van der Waals surface area contributed by atoms with Gasteiger partial charge in [-0.25, -0.2) is 8.42 Å². The van der Waals surface area contributed by atoms with Crippen LogP contribution in [0.1, 0.15) is 25.8 Å². The largest absolute Gasteiger partial charge is 0.497 e. The van der Waals surface area contributed by atoms with Crippen LogP contribution in [0.4, 0.5) is 5.69 Å². The number of hydrogen-bond acceptors (Lipinski definition) is 4. The molecule has 27 heavy (non-hydrogen) atoms. The van der Waals surface area contributed by atoms with Crippen molar-refractivity contribution in [2.24, 2.45) is 0 Å². The molecule has 1 atom stereocenters. The normalized spacial score (nSPS) is 12.3. The topological polar surface area (TPSA) is 75.7 Å². The van der Waals surface area contributed by atoms with Crippen LogP contribution in [0.2, 0.25) is 0 Å². The summed E-state index contributed by atoms with van der Waals surface area (Å²) in [5, 5.41) is 2.82. The van der Waals surface area contributed by atoms with E-state index in [-0.39, 0.29) is 23.4 Å². The number of methoxy groups -OCH3 is 1. The minimum absolute atomic E-state index is 0.0303. The van der Waals surface area contributed by atoms with E-state index < -0.39 is 10.0 Å². The summed E-state index contributed by atoms with van der Waals surface area (Å²) < 4.78 is 32.7. The Kier molecular flexibility index (Phi) is 6.85. The number of sulfonamides is 1. The summed E-state index contributed by atoms with van der Waals surface area (Å²) in [5.41, 5.74) is 1.36. The van der Waals surface area contributed by atoms with Gasteiger partial charge in [-0.2, -0.15) is 0 Å². The quantitative estimate of drug-likeness (QED) is 0.751. The molecule has 0 aliphatic carbocycles. The molecule has 1 N–H and O–H groups in total. The minimum Gasteiger partial charge on any atom is -0.497 e. The zero-order valence-corrected chi connectivity index (χ0v) is 16.9. The Balaban J connectivity index is 2.41. The molecule has 1 amide bonds. The van der Waals surface area contributed by atoms with Gasteiger partial charge in [0.25, 0.3) is 10.0 Å². The van der Waals surface area contributed by atoms with E-state index in [1.165, 1.54) is 7.11 Å². The molecular weight excluding hydrogens is 364 g/mol. The molecule has 0 heterocycles. The predicted octanol–water partition coefficient (Wildman–Crippen LogP) is 3.11. The number of anilines is 1. The Morgan fingerprint density at radius 2 is 1.70 bits per heavy atom. The maximum absolute atomic E-state index is 13.2. The molecule has 146 valence electrons. The van der Waals surface area contributed by atoms with Gasteiger partial charge in [-0.05, 0) is 56.7 Å². The number of nitrogens with zero attached hydrogens (tertiary/aromatic N) is 1. The van der Waals surface area contributed by atoms with Crippen LogP contribution in [0.5, 0.6) is 5.75 Å². The lowest BCUT2D eigenvalue weighted by Gasteiger charge is -2.25. The van der Waals surface area contributed by atoms with E-state index in [0.29, 0.717) is 11.4 Å². The van der Waals surface area contributed by atoms with Gasteiger partial charge in [0.1, 0.15) is 12.3 Å². The lowest BCUT2D eigenvalue weighted by Crippen LogP contribution is -2.43. The Hall–Kier alpha value is -2.54. The number of benzene rings is 2. The number of rotatable bonds is 8. The van der Waals surface area contributed by atoms with E-state index in [9.17, 15) is 13.2 Å². The van der Waals surface area contributed by atoms with E-state index >= 15 is 0 Å². The Morgan fingerprint density at radius 1 is 1.11 bits per heavy atom. The van der Waals surface area contributed by atoms with Gasteiger partial charge in [0.15, 0.2) is 0 Å². The van der Waals surface area contributed by atoms with Crippen LogP contribution in [0.3, 0.4) is 0 Å². The number of amides is 1. The zero-order valence-electron chi connectivity index (χ0n) is 16.1. The van der Waals surface area contributed by atoms with E-state index in [4.69, 9.17) is 4.74 Å². The molecule has 2 aromatic carbocycles. The van der Waals surface area contributed by atoms with Gasteiger partial charge >= 0.3 is 0 Å². The third-order valence-corrected chi connectivity index (χ3v) is 6.06. The number of carbonyl (C=O) groups is 1. The van der Waals surface area contributed by atoms with Crippen molar-refractivity contribution in [3.05, 3.63) is 54.1 Å². The number of carbonyl (C=O) groups excluding carboxylic acids is 1. The molecule has 0 saturated carbocycles. The SMILES string of the molecule is CCC(C)NC(=O)CN(c1ccc(OC)cc1)S(=O)(=O)c1ccc(C)cc1. The molecule has 2 aromatic rings. The van der Waals surface area contributed by atoms with Gasteiger partial charge < -0.3 is 10.1 Å². The van der Waals surface area contributed by atoms with Crippen molar-refractivity contribution in [2.45, 2.75) is 38.1 Å². The molecular formula is C20H26N2O4S. The summed E-state index contributed by atoms with van der Waals surface area (Å²) in [6.07, 6.45) is 0.763. The summed E-state index contributed by atoms with van der Waals surface area (Å²) in [7, 11) is -2.36. The smallest absolute Gasteiger partial charge is 0.264 e. The lowest BCUT2D eigenvalue weighted by atomic mass is 10.2. The Morgan fingerprint density at radius 3 is 2.22 bits per heavy atom. The van der Waals surface area contributed by atoms with Gasteiger partial charge in [-0.1, -0.05) is 24.6 Å². The van der Waals surface area contributed by atoms with Crippen LogP contribution in [-0.2, 0) is 14.8 Å². The highest BCUT2D eigenvalue weighted by Gasteiger charge is 2.27. The number of nitrogens with one attached hydrogen (secondary N) is 1. The first-order chi connectivity index (χ1) is 12.8. The standard InChI is InChI=1S/C20H26N2O4S/c1-5-16(3)21-20(23)14-22(17-8-10-18(26-4)11-9-17)27(24,25)19-12-6-15(2)7-13-19/h6-13,16H,5,14H2,1-4H3,(H,21,23). The fourth-order valence-corrected chi connectivity index (χ4v) is 3.87. The molecule has 0 aliphatic rings. The first-order valence-corrected chi connectivity index (χ1v) is 10.2. The second-order valence-corrected chi connectivity index (χ2v) is 8.26. The molecule has 0 aromatic heterocycles. The van der Waals surface area contributed by atoms with Crippen molar-refractivity contribution in [3.63, 3.8) is 0 Å². The number of aryl methyl sites for hydroxylation is 1. The van der Waals surface area contributed by atoms with Gasteiger partial charge in [-0.15, -0.1) is 0 Å². The summed E-state index contributed by atoms with van der Waals surface area (Å²) in [6, 6.07) is 13.1. The van der Waals surface area contributed by atoms with Crippen molar-refractivity contribution >= 4 is 21.6 Å². The summed E-state index contributed by atoms with van der Waals surface area (Å²) in [6.45, 7) is 5.42. The average Bonchev–Trinajstić information content (AvgIpc) is 2.66. The van der Waals surface area contributed by atoms with Gasteiger partial charge in [0.2, 0.25) is 5.91 Å². The second-order valence-electron chi connectivity index (χ2n) is 6.40. The van der Waals surface area contributed by atoms with Crippen molar-refractivity contribution in [1.29, 1.82) is 0 Å². The molecule has 0 bridgehead atoms.